The van der Waals surface area contributed by atoms with Crippen molar-refractivity contribution in [2.24, 2.45) is 0 Å². The van der Waals surface area contributed by atoms with Gasteiger partial charge in [-0.1, -0.05) is 29.8 Å². The van der Waals surface area contributed by atoms with Crippen LogP contribution in [0.1, 0.15) is 23.2 Å². The zero-order valence-corrected chi connectivity index (χ0v) is 20.1. The number of benzene rings is 1. The molecule has 3 rings (SSSR count). The number of anilines is 1. The largest absolute Gasteiger partial charge is 0.478 e. The number of rotatable bonds is 8. The minimum Gasteiger partial charge on any atom is -0.478 e. The number of piperazine rings is 1. The number of carbonyl (C=O) groups is 2. The number of allylic oxidation sites excluding steroid dienone is 2. The third-order valence-corrected chi connectivity index (χ3v) is 6.10. The van der Waals surface area contributed by atoms with Gasteiger partial charge in [0.05, 0.1) is 12.1 Å². The number of likely N-dealkylation sites (tertiary alicyclic amines) is 1. The number of carbonyl (C=O) groups excluding carboxylic acids is 1. The molecule has 2 N–H and O–H groups in total. The van der Waals surface area contributed by atoms with Gasteiger partial charge in [0, 0.05) is 48.5 Å². The van der Waals surface area contributed by atoms with Gasteiger partial charge in [-0.15, -0.1) is 0 Å². The molecule has 178 valence electrons. The molecular weight excluding hydrogens is 463 g/mol. The van der Waals surface area contributed by atoms with Crippen molar-refractivity contribution in [1.29, 1.82) is 0 Å². The van der Waals surface area contributed by atoms with Crippen LogP contribution in [0.2, 0.25) is 0 Å². The molecular formula is C24H30Cl2N4O3. The highest BCUT2D eigenvalue weighted by Crippen LogP contribution is 2.18. The number of halogens is 2. The number of amides is 2. The molecule has 2 fully saturated rings. The number of urea groups is 1. The Morgan fingerprint density at radius 1 is 1.00 bits per heavy atom. The lowest BCUT2D eigenvalue weighted by Gasteiger charge is -2.36. The average molecular weight is 493 g/mol. The van der Waals surface area contributed by atoms with Crippen LogP contribution in [0, 0.1) is 0 Å². The summed E-state index contributed by atoms with van der Waals surface area (Å²) in [7, 11) is 0. The molecule has 0 aromatic heterocycles. The van der Waals surface area contributed by atoms with Crippen molar-refractivity contribution in [3.05, 3.63) is 64.2 Å². The second-order valence-electron chi connectivity index (χ2n) is 8.23. The molecule has 0 unspecified atom stereocenters. The summed E-state index contributed by atoms with van der Waals surface area (Å²) in [5, 5.41) is 12.9. The van der Waals surface area contributed by atoms with Crippen LogP contribution in [0.4, 0.5) is 10.5 Å². The predicted molar refractivity (Wildman–Crippen MR) is 133 cm³/mol. The lowest BCUT2D eigenvalue weighted by molar-refractivity contribution is 0.0697. The van der Waals surface area contributed by atoms with E-state index in [-0.39, 0.29) is 18.1 Å². The molecule has 2 aliphatic heterocycles. The minimum atomic E-state index is -0.943. The van der Waals surface area contributed by atoms with Crippen molar-refractivity contribution in [2.45, 2.75) is 12.8 Å². The molecule has 2 heterocycles. The van der Waals surface area contributed by atoms with Crippen LogP contribution in [0.15, 0.2) is 58.6 Å². The topological polar surface area (TPSA) is 76.1 Å². The van der Waals surface area contributed by atoms with Crippen LogP contribution in [-0.2, 0) is 0 Å². The van der Waals surface area contributed by atoms with Gasteiger partial charge in [0.2, 0.25) is 0 Å². The summed E-state index contributed by atoms with van der Waals surface area (Å²) >= 11 is 12.4. The molecule has 0 saturated carbocycles. The van der Waals surface area contributed by atoms with Crippen molar-refractivity contribution in [1.82, 2.24) is 15.1 Å². The quantitative estimate of drug-likeness (QED) is 0.533. The zero-order chi connectivity index (χ0) is 23.8. The van der Waals surface area contributed by atoms with E-state index in [1.165, 1.54) is 12.8 Å². The van der Waals surface area contributed by atoms with Crippen LogP contribution < -0.4 is 10.2 Å². The van der Waals surface area contributed by atoms with Crippen LogP contribution in [0.25, 0.3) is 0 Å². The monoisotopic (exact) mass is 492 g/mol. The fraction of sp³-hybridized carbons (Fsp3) is 0.417. The van der Waals surface area contributed by atoms with Gasteiger partial charge in [0.25, 0.3) is 0 Å². The molecule has 2 amide bonds. The van der Waals surface area contributed by atoms with E-state index in [1.54, 1.807) is 29.2 Å². The fourth-order valence-corrected chi connectivity index (χ4v) is 4.39. The van der Waals surface area contributed by atoms with Crippen LogP contribution in [0.5, 0.6) is 0 Å². The summed E-state index contributed by atoms with van der Waals surface area (Å²) in [6.07, 6.45) is 6.06. The van der Waals surface area contributed by atoms with Gasteiger partial charge in [0.15, 0.2) is 0 Å². The molecule has 7 nitrogen and oxygen atoms in total. The van der Waals surface area contributed by atoms with Crippen molar-refractivity contribution >= 4 is 40.9 Å². The third-order valence-electron chi connectivity index (χ3n) is 5.74. The summed E-state index contributed by atoms with van der Waals surface area (Å²) in [6.45, 7) is 9.34. The zero-order valence-electron chi connectivity index (χ0n) is 18.6. The summed E-state index contributed by atoms with van der Waals surface area (Å²) in [4.78, 5) is 29.8. The standard InChI is InChI=1S/C24H30Cl2N4O3/c1-18(25)14-19(17-28-8-2-3-9-28)15-21(26)16-27-24(33)30-12-10-29(11-13-30)22-6-4-20(5-7-22)23(31)32/h4-7,14-15H,1-3,8-13,16-17H2,(H,27,33)(H,31,32)/b19-14+,21-15+. The van der Waals surface area contributed by atoms with E-state index in [9.17, 15) is 9.59 Å². The smallest absolute Gasteiger partial charge is 0.335 e. The Labute approximate surface area is 204 Å². The van der Waals surface area contributed by atoms with Gasteiger partial charge in [-0.2, -0.15) is 0 Å². The molecule has 9 heteroatoms. The molecule has 0 bridgehead atoms. The molecule has 0 spiro atoms. The molecule has 0 aliphatic carbocycles. The molecule has 1 aromatic carbocycles. The number of aromatic carboxylic acids is 1. The molecule has 33 heavy (non-hydrogen) atoms. The molecule has 0 radical (unpaired) electrons. The highest BCUT2D eigenvalue weighted by atomic mass is 35.5. The number of hydrogen-bond donors (Lipinski definition) is 2. The second-order valence-corrected chi connectivity index (χ2v) is 9.20. The van der Waals surface area contributed by atoms with E-state index in [4.69, 9.17) is 28.3 Å². The molecule has 2 saturated heterocycles. The van der Waals surface area contributed by atoms with E-state index < -0.39 is 5.97 Å². The Bertz CT molecular complexity index is 916. The Morgan fingerprint density at radius 3 is 2.21 bits per heavy atom. The highest BCUT2D eigenvalue weighted by molar-refractivity contribution is 6.31. The van der Waals surface area contributed by atoms with E-state index in [0.29, 0.717) is 36.2 Å². The number of carboxylic acid groups (broad SMARTS) is 1. The second kappa shape index (κ2) is 12.1. The number of nitrogens with zero attached hydrogens (tertiary/aromatic N) is 3. The number of carboxylic acids is 1. The molecule has 0 atom stereocenters. The first-order chi connectivity index (χ1) is 15.8. The van der Waals surface area contributed by atoms with Crippen molar-refractivity contribution in [3.8, 4) is 0 Å². The first kappa shape index (κ1) is 25.1. The van der Waals surface area contributed by atoms with Gasteiger partial charge < -0.3 is 20.2 Å². The SMILES string of the molecule is C=C(Cl)/C=C(\C=C(\Cl)CNC(=O)N1CCN(c2ccc(C(=O)O)cc2)CC1)CN1CCCC1. The molecule has 1 aromatic rings. The Morgan fingerprint density at radius 2 is 1.64 bits per heavy atom. The Hall–Kier alpha value is -2.48. The van der Waals surface area contributed by atoms with Gasteiger partial charge in [0.1, 0.15) is 0 Å². The maximum Gasteiger partial charge on any atom is 0.335 e. The number of nitrogens with one attached hydrogen (secondary N) is 1. The maximum atomic E-state index is 12.6. The number of hydrogen-bond acceptors (Lipinski definition) is 4. The fourth-order valence-electron chi connectivity index (χ4n) is 4.04. The van der Waals surface area contributed by atoms with Gasteiger partial charge in [-0.3, -0.25) is 4.90 Å². The first-order valence-corrected chi connectivity index (χ1v) is 11.8. The van der Waals surface area contributed by atoms with Crippen molar-refractivity contribution < 1.29 is 14.7 Å². The average Bonchev–Trinajstić information content (AvgIpc) is 3.30. The summed E-state index contributed by atoms with van der Waals surface area (Å²) in [5.41, 5.74) is 2.18. The Balaban J connectivity index is 1.47. The Kier molecular flexibility index (Phi) is 9.23. The normalized spacial score (nSPS) is 17.9. The summed E-state index contributed by atoms with van der Waals surface area (Å²) < 4.78 is 0. The van der Waals surface area contributed by atoms with E-state index in [2.05, 4.69) is 21.7 Å². The summed E-state index contributed by atoms with van der Waals surface area (Å²) in [6, 6.07) is 6.63. The van der Waals surface area contributed by atoms with Gasteiger partial charge in [-0.25, -0.2) is 9.59 Å². The van der Waals surface area contributed by atoms with Gasteiger partial charge >= 0.3 is 12.0 Å². The van der Waals surface area contributed by atoms with Crippen molar-refractivity contribution in [3.63, 3.8) is 0 Å². The third kappa shape index (κ3) is 7.81. The minimum absolute atomic E-state index is 0.158. The van der Waals surface area contributed by atoms with Crippen molar-refractivity contribution in [2.75, 3.05) is 57.3 Å². The lowest BCUT2D eigenvalue weighted by Crippen LogP contribution is -2.52. The first-order valence-electron chi connectivity index (χ1n) is 11.1. The van der Waals surface area contributed by atoms with E-state index in [0.717, 1.165) is 30.9 Å². The van der Waals surface area contributed by atoms with E-state index >= 15 is 0 Å². The van der Waals surface area contributed by atoms with Crippen LogP contribution in [0.3, 0.4) is 0 Å². The van der Waals surface area contributed by atoms with Crippen LogP contribution >= 0.6 is 23.2 Å². The van der Waals surface area contributed by atoms with E-state index in [1.807, 2.05) is 12.2 Å². The predicted octanol–water partition coefficient (Wildman–Crippen LogP) is 4.11. The highest BCUT2D eigenvalue weighted by Gasteiger charge is 2.21. The lowest BCUT2D eigenvalue weighted by atomic mass is 10.2. The molecule has 2 aliphatic rings. The maximum absolute atomic E-state index is 12.6. The van der Waals surface area contributed by atoms with Crippen LogP contribution in [-0.4, -0.2) is 79.3 Å². The van der Waals surface area contributed by atoms with Gasteiger partial charge in [-0.05, 0) is 67.9 Å². The summed E-state index contributed by atoms with van der Waals surface area (Å²) in [5.74, 6) is -0.943.